The molecule has 0 spiro atoms. The summed E-state index contributed by atoms with van der Waals surface area (Å²) < 4.78 is 25.3. The zero-order valence-corrected chi connectivity index (χ0v) is 12.2. The quantitative estimate of drug-likeness (QED) is 0.520. The van der Waals surface area contributed by atoms with Crippen molar-refractivity contribution in [3.8, 4) is 0 Å². The van der Waals surface area contributed by atoms with Gasteiger partial charge in [0.25, 0.3) is 0 Å². The van der Waals surface area contributed by atoms with Gasteiger partial charge in [-0.05, 0) is 11.1 Å². The summed E-state index contributed by atoms with van der Waals surface area (Å²) in [4.78, 5) is 21.9. The van der Waals surface area contributed by atoms with Crippen molar-refractivity contribution in [1.82, 2.24) is 4.31 Å². The average Bonchev–Trinajstić information content (AvgIpc) is 2.37. The molecular formula is C12H18N4O4S. The highest BCUT2D eigenvalue weighted by Crippen LogP contribution is 2.15. The van der Waals surface area contributed by atoms with Crippen LogP contribution in [0.4, 0.5) is 0 Å². The van der Waals surface area contributed by atoms with Crippen LogP contribution in [0, 0.1) is 0 Å². The van der Waals surface area contributed by atoms with Gasteiger partial charge < -0.3 is 17.2 Å². The third-order valence-corrected chi connectivity index (χ3v) is 4.45. The van der Waals surface area contributed by atoms with Crippen molar-refractivity contribution in [2.45, 2.75) is 12.3 Å². The third kappa shape index (κ3) is 5.14. The molecule has 116 valence electrons. The molecule has 9 heteroatoms. The van der Waals surface area contributed by atoms with Crippen LogP contribution in [0.3, 0.4) is 0 Å². The highest BCUT2D eigenvalue weighted by molar-refractivity contribution is 7.88. The standard InChI is InChI=1S/C12H18N4O4S/c13-5-9-3-1-2-4-10(9)8-21(19,20)16(6-11(14)17)7-12(15)18/h1-4H,5-8,13H2,(H2,14,17)(H2,15,18). The molecule has 0 saturated carbocycles. The zero-order valence-electron chi connectivity index (χ0n) is 11.4. The molecule has 0 unspecified atom stereocenters. The predicted octanol–water partition coefficient (Wildman–Crippen LogP) is -1.75. The second-order valence-electron chi connectivity index (χ2n) is 4.43. The van der Waals surface area contributed by atoms with Gasteiger partial charge in [-0.25, -0.2) is 8.42 Å². The normalized spacial score (nSPS) is 11.5. The minimum atomic E-state index is -3.92. The van der Waals surface area contributed by atoms with E-state index in [1.165, 1.54) is 0 Å². The van der Waals surface area contributed by atoms with Gasteiger partial charge in [0.2, 0.25) is 21.8 Å². The number of rotatable bonds is 8. The van der Waals surface area contributed by atoms with E-state index in [9.17, 15) is 18.0 Å². The number of amides is 2. The van der Waals surface area contributed by atoms with Crippen molar-refractivity contribution in [3.63, 3.8) is 0 Å². The molecule has 0 saturated heterocycles. The van der Waals surface area contributed by atoms with Crippen LogP contribution in [0.15, 0.2) is 24.3 Å². The fraction of sp³-hybridized carbons (Fsp3) is 0.333. The van der Waals surface area contributed by atoms with Gasteiger partial charge in [-0.15, -0.1) is 0 Å². The lowest BCUT2D eigenvalue weighted by Crippen LogP contribution is -2.43. The SMILES string of the molecule is NCc1ccccc1CS(=O)(=O)N(CC(N)=O)CC(N)=O. The topological polar surface area (TPSA) is 150 Å². The summed E-state index contributed by atoms with van der Waals surface area (Å²) in [7, 11) is -3.92. The number of nitrogens with two attached hydrogens (primary N) is 3. The number of hydrogen-bond acceptors (Lipinski definition) is 5. The number of carbonyl (C=O) groups is 2. The molecule has 0 aliphatic rings. The maximum absolute atomic E-state index is 12.3. The van der Waals surface area contributed by atoms with E-state index < -0.39 is 34.9 Å². The van der Waals surface area contributed by atoms with E-state index in [2.05, 4.69) is 0 Å². The molecule has 1 aromatic rings. The van der Waals surface area contributed by atoms with Crippen LogP contribution in [-0.2, 0) is 31.9 Å². The lowest BCUT2D eigenvalue weighted by atomic mass is 10.1. The zero-order chi connectivity index (χ0) is 16.0. The van der Waals surface area contributed by atoms with Gasteiger partial charge in [0.15, 0.2) is 0 Å². The number of benzene rings is 1. The average molecular weight is 314 g/mol. The van der Waals surface area contributed by atoms with Crippen LogP contribution in [0.5, 0.6) is 0 Å². The summed E-state index contributed by atoms with van der Waals surface area (Å²) >= 11 is 0. The highest BCUT2D eigenvalue weighted by atomic mass is 32.2. The molecule has 0 radical (unpaired) electrons. The van der Waals surface area contributed by atoms with Crippen LogP contribution in [0.25, 0.3) is 0 Å². The van der Waals surface area contributed by atoms with Crippen molar-refractivity contribution in [2.24, 2.45) is 17.2 Å². The summed E-state index contributed by atoms with van der Waals surface area (Å²) in [5.41, 5.74) is 16.7. The summed E-state index contributed by atoms with van der Waals surface area (Å²) in [5, 5.41) is 0. The minimum absolute atomic E-state index is 0.178. The van der Waals surface area contributed by atoms with Gasteiger partial charge in [0.05, 0.1) is 18.8 Å². The van der Waals surface area contributed by atoms with Gasteiger partial charge in [-0.3, -0.25) is 9.59 Å². The Hall–Kier alpha value is -1.97. The van der Waals surface area contributed by atoms with Crippen LogP contribution >= 0.6 is 0 Å². The molecule has 8 nitrogen and oxygen atoms in total. The first-order valence-corrected chi connectivity index (χ1v) is 7.68. The molecule has 0 aromatic heterocycles. The Kier molecular flexibility index (Phi) is 5.82. The van der Waals surface area contributed by atoms with Gasteiger partial charge in [-0.2, -0.15) is 4.31 Å². The van der Waals surface area contributed by atoms with E-state index in [1.54, 1.807) is 24.3 Å². The first-order valence-electron chi connectivity index (χ1n) is 6.07. The van der Waals surface area contributed by atoms with Gasteiger partial charge in [-0.1, -0.05) is 24.3 Å². The van der Waals surface area contributed by atoms with E-state index in [-0.39, 0.29) is 12.3 Å². The first kappa shape index (κ1) is 17.1. The summed E-state index contributed by atoms with van der Waals surface area (Å²) in [6, 6.07) is 6.74. The van der Waals surface area contributed by atoms with Gasteiger partial charge in [0, 0.05) is 6.54 Å². The molecule has 1 rings (SSSR count). The van der Waals surface area contributed by atoms with Crippen molar-refractivity contribution in [3.05, 3.63) is 35.4 Å². The molecule has 0 fully saturated rings. The maximum Gasteiger partial charge on any atom is 0.232 e. The molecule has 21 heavy (non-hydrogen) atoms. The van der Waals surface area contributed by atoms with Gasteiger partial charge in [0.1, 0.15) is 0 Å². The Morgan fingerprint density at radius 2 is 1.48 bits per heavy atom. The fourth-order valence-electron chi connectivity index (χ4n) is 1.79. The van der Waals surface area contributed by atoms with Crippen LogP contribution in [0.2, 0.25) is 0 Å². The smallest absolute Gasteiger partial charge is 0.232 e. The lowest BCUT2D eigenvalue weighted by molar-refractivity contribution is -0.120. The Morgan fingerprint density at radius 3 is 1.90 bits per heavy atom. The Morgan fingerprint density at radius 1 is 1.00 bits per heavy atom. The Labute approximate surface area is 122 Å². The summed E-state index contributed by atoms with van der Waals surface area (Å²) in [6.07, 6.45) is 0. The molecule has 2 amide bonds. The van der Waals surface area contributed by atoms with E-state index in [0.29, 0.717) is 15.4 Å². The fourth-order valence-corrected chi connectivity index (χ4v) is 3.29. The first-order chi connectivity index (χ1) is 9.76. The van der Waals surface area contributed by atoms with E-state index >= 15 is 0 Å². The van der Waals surface area contributed by atoms with E-state index in [4.69, 9.17) is 17.2 Å². The highest BCUT2D eigenvalue weighted by Gasteiger charge is 2.26. The van der Waals surface area contributed by atoms with E-state index in [0.717, 1.165) is 0 Å². The summed E-state index contributed by atoms with van der Waals surface area (Å²) in [6.45, 7) is -1.02. The van der Waals surface area contributed by atoms with Crippen LogP contribution < -0.4 is 17.2 Å². The second kappa shape index (κ2) is 7.16. The van der Waals surface area contributed by atoms with Crippen molar-refractivity contribution >= 4 is 21.8 Å². The number of carbonyl (C=O) groups excluding carboxylic acids is 2. The minimum Gasteiger partial charge on any atom is -0.369 e. The maximum atomic E-state index is 12.3. The largest absolute Gasteiger partial charge is 0.369 e. The Balaban J connectivity index is 3.05. The monoisotopic (exact) mass is 314 g/mol. The molecule has 0 atom stereocenters. The number of hydrogen-bond donors (Lipinski definition) is 3. The molecule has 1 aromatic carbocycles. The molecule has 0 aliphatic carbocycles. The number of nitrogens with zero attached hydrogens (tertiary/aromatic N) is 1. The Bertz CT molecular complexity index is 614. The van der Waals surface area contributed by atoms with E-state index in [1.807, 2.05) is 0 Å². The molecule has 0 heterocycles. The predicted molar refractivity (Wildman–Crippen MR) is 76.9 cm³/mol. The van der Waals surface area contributed by atoms with Crippen molar-refractivity contribution < 1.29 is 18.0 Å². The molecule has 0 aliphatic heterocycles. The van der Waals surface area contributed by atoms with Crippen molar-refractivity contribution in [1.29, 1.82) is 0 Å². The van der Waals surface area contributed by atoms with Crippen LogP contribution in [0.1, 0.15) is 11.1 Å². The third-order valence-electron chi connectivity index (χ3n) is 2.73. The molecule has 0 bridgehead atoms. The van der Waals surface area contributed by atoms with Crippen LogP contribution in [-0.4, -0.2) is 37.6 Å². The molecular weight excluding hydrogens is 296 g/mol. The molecule has 6 N–H and O–H groups in total. The van der Waals surface area contributed by atoms with Gasteiger partial charge >= 0.3 is 0 Å². The van der Waals surface area contributed by atoms with Crippen molar-refractivity contribution in [2.75, 3.05) is 13.1 Å². The number of primary amides is 2. The summed E-state index contributed by atoms with van der Waals surface area (Å²) in [5.74, 6) is -2.13. The number of sulfonamides is 1. The lowest BCUT2D eigenvalue weighted by Gasteiger charge is -2.20. The second-order valence-corrected chi connectivity index (χ2v) is 6.40.